The van der Waals surface area contributed by atoms with Crippen molar-refractivity contribution in [2.45, 2.75) is 91.3 Å². The van der Waals surface area contributed by atoms with E-state index >= 15 is 0 Å². The van der Waals surface area contributed by atoms with Crippen molar-refractivity contribution in [3.8, 4) is 6.26 Å². The Labute approximate surface area is 292 Å². The number of amides is 3. The van der Waals surface area contributed by atoms with Gasteiger partial charge in [0.15, 0.2) is 0 Å². The van der Waals surface area contributed by atoms with Gasteiger partial charge in [-0.15, -0.1) is 0 Å². The first-order valence-electron chi connectivity index (χ1n) is 15.7. The minimum atomic E-state index is -0.847. The van der Waals surface area contributed by atoms with Crippen LogP contribution in [0.25, 0.3) is 0 Å². The Hall–Kier alpha value is -4.70. The van der Waals surface area contributed by atoms with Crippen molar-refractivity contribution in [1.82, 2.24) is 21.3 Å². The van der Waals surface area contributed by atoms with E-state index in [9.17, 15) is 24.0 Å². The number of carbonyl (C=O) groups excluding carboxylic acids is 5. The molecule has 18 nitrogen and oxygen atoms in total. The maximum atomic E-state index is 12.8. The molecular formula is C31H49BN6O12. The summed E-state index contributed by atoms with van der Waals surface area (Å²) in [7, 11) is 2.78. The number of likely N-dealkylation sites (N-methyl/N-ethyl adjacent to an activating group) is 1. The number of nitrogens with zero attached hydrogens (tertiary/aromatic N) is 2. The second kappa shape index (κ2) is 20.1. The average molecular weight is 709 g/mol. The summed E-state index contributed by atoms with van der Waals surface area (Å²) in [5.74, 6) is -3.06. The standard InChI is InChI=1S/C24H38N4O9.C7H11BN2O3/c1-23(2,3)36-21(31)27-20(28-22(32)37-24(4,5)6)26-11-13-34-19(30)17-15-9-8-14(35-15)16(17)18(29)33-12-10-25-7;1-7(2,3)13-6(11)10-4-8-12-5-9/h8-9,14-17,25H,10-13H2,1-7H3,(H2,26,27,28,31,32);4H,1-3H3,(H,10,11). The van der Waals surface area contributed by atoms with Gasteiger partial charge in [0.2, 0.25) is 5.96 Å². The summed E-state index contributed by atoms with van der Waals surface area (Å²) < 4.78 is 35.7. The first-order valence-corrected chi connectivity index (χ1v) is 15.7. The number of nitriles is 1. The number of nitrogens with one attached hydrogen (secondary N) is 4. The second-order valence-corrected chi connectivity index (χ2v) is 13.6. The van der Waals surface area contributed by atoms with E-state index in [-0.39, 0.29) is 25.7 Å². The molecule has 0 aromatic carbocycles. The SMILES string of the molecule is CC(C)(C)OC(=O)NC=BOC#N.CNCCOC(=O)C1C2C=CC(O2)C1C(=O)OCCN=C(NC(=O)OC(C)(C)C)NC(=O)OC(C)(C)C. The topological polar surface area (TPSA) is 234 Å². The Bertz CT molecular complexity index is 1280. The molecule has 0 spiro atoms. The van der Waals surface area contributed by atoms with Crippen LogP contribution in [0.15, 0.2) is 17.1 Å². The third-order valence-electron chi connectivity index (χ3n) is 5.67. The van der Waals surface area contributed by atoms with Crippen molar-refractivity contribution in [3.05, 3.63) is 12.2 Å². The van der Waals surface area contributed by atoms with Crippen molar-refractivity contribution < 1.29 is 57.0 Å². The fraction of sp³-hybridized carbons (Fsp3) is 0.677. The molecule has 278 valence electrons. The van der Waals surface area contributed by atoms with E-state index in [1.165, 1.54) is 12.3 Å². The maximum Gasteiger partial charge on any atom is 0.414 e. The number of hydrogen-bond acceptors (Lipinski definition) is 15. The summed E-state index contributed by atoms with van der Waals surface area (Å²) in [6.45, 7) is 15.7. The van der Waals surface area contributed by atoms with Crippen molar-refractivity contribution in [1.29, 1.82) is 5.26 Å². The van der Waals surface area contributed by atoms with Crippen LogP contribution in [-0.4, -0.2) is 112 Å². The molecule has 19 heteroatoms. The van der Waals surface area contributed by atoms with Crippen LogP contribution in [0.4, 0.5) is 14.4 Å². The third kappa shape index (κ3) is 18.2. The van der Waals surface area contributed by atoms with Gasteiger partial charge in [-0.25, -0.2) is 14.6 Å². The van der Waals surface area contributed by atoms with Gasteiger partial charge < -0.3 is 29.0 Å². The third-order valence-corrected chi connectivity index (χ3v) is 5.67. The van der Waals surface area contributed by atoms with E-state index in [1.807, 2.05) is 0 Å². The number of alkyl carbamates (subject to hydrolysis) is 3. The minimum absolute atomic E-state index is 0.110. The van der Waals surface area contributed by atoms with Gasteiger partial charge in [-0.1, -0.05) is 12.2 Å². The molecule has 2 aliphatic heterocycles. The summed E-state index contributed by atoms with van der Waals surface area (Å²) in [6.07, 6.45) is 2.64. The van der Waals surface area contributed by atoms with Crippen molar-refractivity contribution >= 4 is 49.4 Å². The van der Waals surface area contributed by atoms with E-state index < -0.39 is 71.1 Å². The number of guanidine groups is 1. The molecule has 1 fully saturated rings. The fourth-order valence-electron chi connectivity index (χ4n) is 4.00. The second-order valence-electron chi connectivity index (χ2n) is 13.6. The van der Waals surface area contributed by atoms with Crippen LogP contribution in [0.2, 0.25) is 0 Å². The van der Waals surface area contributed by atoms with Crippen molar-refractivity contribution in [3.63, 3.8) is 0 Å². The first-order chi connectivity index (χ1) is 23.2. The first kappa shape index (κ1) is 43.3. The van der Waals surface area contributed by atoms with Gasteiger partial charge in [0.05, 0.1) is 18.8 Å². The summed E-state index contributed by atoms with van der Waals surface area (Å²) in [5.41, 5.74) is -2.09. The zero-order valence-electron chi connectivity index (χ0n) is 30.2. The summed E-state index contributed by atoms with van der Waals surface area (Å²) in [6, 6.07) is 0. The molecule has 1 saturated heterocycles. The van der Waals surface area contributed by atoms with Crippen LogP contribution in [0.1, 0.15) is 62.3 Å². The smallest absolute Gasteiger partial charge is 0.414 e. The molecule has 0 aromatic rings. The molecule has 0 aromatic heterocycles. The normalized spacial score (nSPS) is 19.0. The van der Waals surface area contributed by atoms with Crippen molar-refractivity contribution in [2.75, 3.05) is 33.4 Å². The molecular weight excluding hydrogens is 659 g/mol. The minimum Gasteiger partial charge on any atom is -0.464 e. The van der Waals surface area contributed by atoms with E-state index in [2.05, 4.69) is 30.9 Å². The number of esters is 2. The van der Waals surface area contributed by atoms with Crippen LogP contribution in [0.3, 0.4) is 0 Å². The number of aliphatic imine (C=N–C) groups is 1. The van der Waals surface area contributed by atoms with E-state index in [0.717, 1.165) is 7.12 Å². The Balaban J connectivity index is 0.000000812. The quantitative estimate of drug-likeness (QED) is 0.0369. The fourth-order valence-corrected chi connectivity index (χ4v) is 4.00. The molecule has 2 aliphatic rings. The Morgan fingerprint density at radius 1 is 0.800 bits per heavy atom. The van der Waals surface area contributed by atoms with Gasteiger partial charge in [0, 0.05) is 6.54 Å². The van der Waals surface area contributed by atoms with Crippen LogP contribution in [0.5, 0.6) is 0 Å². The van der Waals surface area contributed by atoms with Gasteiger partial charge in [0.25, 0.3) is 0 Å². The molecule has 0 aliphatic carbocycles. The van der Waals surface area contributed by atoms with Gasteiger partial charge in [-0.05, 0) is 48.6 Å². The molecule has 4 atom stereocenters. The predicted molar refractivity (Wildman–Crippen MR) is 180 cm³/mol. The van der Waals surface area contributed by atoms with Crippen LogP contribution >= 0.6 is 0 Å². The largest absolute Gasteiger partial charge is 0.464 e. The van der Waals surface area contributed by atoms with Gasteiger partial charge in [0.1, 0.15) is 36.3 Å². The molecule has 4 N–H and O–H groups in total. The molecule has 2 bridgehead atoms. The van der Waals surface area contributed by atoms with E-state index in [0.29, 0.717) is 6.54 Å². The van der Waals surface area contributed by atoms with Crippen molar-refractivity contribution in [2.24, 2.45) is 16.8 Å². The van der Waals surface area contributed by atoms with Crippen LogP contribution in [-0.2, 0) is 42.7 Å². The summed E-state index contributed by atoms with van der Waals surface area (Å²) in [5, 5.41) is 17.8. The van der Waals surface area contributed by atoms with Gasteiger partial charge in [-0.3, -0.25) is 20.2 Å². The van der Waals surface area contributed by atoms with E-state index in [4.69, 9.17) is 33.7 Å². The zero-order valence-corrected chi connectivity index (χ0v) is 30.2. The van der Waals surface area contributed by atoms with E-state index in [1.54, 1.807) is 81.5 Å². The molecule has 3 amide bonds. The Morgan fingerprint density at radius 2 is 1.26 bits per heavy atom. The maximum absolute atomic E-state index is 12.8. The molecule has 50 heavy (non-hydrogen) atoms. The summed E-state index contributed by atoms with van der Waals surface area (Å²) >= 11 is 0. The molecule has 0 radical (unpaired) electrons. The number of hydrogen-bond donors (Lipinski definition) is 4. The molecule has 2 rings (SSSR count). The molecule has 4 unspecified atom stereocenters. The summed E-state index contributed by atoms with van der Waals surface area (Å²) in [4.78, 5) is 64.7. The predicted octanol–water partition coefficient (Wildman–Crippen LogP) is 1.65. The molecule has 0 saturated carbocycles. The van der Waals surface area contributed by atoms with Crippen LogP contribution < -0.4 is 21.3 Å². The Kier molecular flexibility index (Phi) is 17.4. The number of fused-ring (bicyclic) bond motifs is 2. The number of rotatable bonds is 10. The average Bonchev–Trinajstić information content (AvgIpc) is 3.57. The number of ether oxygens (including phenoxy) is 6. The zero-order chi connectivity index (χ0) is 38.1. The van der Waals surface area contributed by atoms with Gasteiger partial charge in [-0.2, -0.15) is 0 Å². The van der Waals surface area contributed by atoms with Gasteiger partial charge >= 0.3 is 101 Å². The molecule has 2 heterocycles. The Morgan fingerprint density at radius 3 is 1.70 bits per heavy atom. The monoisotopic (exact) mass is 708 g/mol. The number of carbonyl (C=O) groups is 5. The van der Waals surface area contributed by atoms with Crippen LogP contribution in [0, 0.1) is 23.4 Å².